The van der Waals surface area contributed by atoms with E-state index in [2.05, 4.69) is 0 Å². The molecule has 0 saturated heterocycles. The Hall–Kier alpha value is -1.59. The van der Waals surface area contributed by atoms with E-state index in [0.29, 0.717) is 0 Å². The number of amides is 1. The van der Waals surface area contributed by atoms with E-state index in [1.807, 2.05) is 26.8 Å². The van der Waals surface area contributed by atoms with Crippen molar-refractivity contribution in [2.45, 2.75) is 33.2 Å². The van der Waals surface area contributed by atoms with E-state index in [1.165, 1.54) is 7.05 Å². The first-order chi connectivity index (χ1) is 8.79. The van der Waals surface area contributed by atoms with Crippen LogP contribution in [-0.4, -0.2) is 25.1 Å². The van der Waals surface area contributed by atoms with Crippen LogP contribution in [0.25, 0.3) is 0 Å². The minimum absolute atomic E-state index is 0.182. The quantitative estimate of drug-likeness (QED) is 0.489. The number of hydrogen-bond acceptors (Lipinski definition) is 4. The van der Waals surface area contributed by atoms with Crippen molar-refractivity contribution in [3.63, 3.8) is 0 Å². The van der Waals surface area contributed by atoms with Gasteiger partial charge in [-0.3, -0.25) is 9.80 Å². The number of methoxy groups -OCH3 is 1. The average molecular weight is 265 g/mol. The molecular weight excluding hydrogens is 242 g/mol. The maximum absolute atomic E-state index is 11.6. The van der Waals surface area contributed by atoms with Crippen molar-refractivity contribution in [1.82, 2.24) is 5.01 Å². The number of hydrogen-bond donors (Lipinski definition) is 2. The van der Waals surface area contributed by atoms with Crippen LogP contribution in [0.4, 0.5) is 0 Å². The number of hydrazine groups is 1. The largest absolute Gasteiger partial charge is 0.496 e. The highest BCUT2D eigenvalue weighted by atomic mass is 16.5. The third-order valence-electron chi connectivity index (χ3n) is 3.46. The van der Waals surface area contributed by atoms with E-state index in [-0.39, 0.29) is 18.4 Å². The van der Waals surface area contributed by atoms with E-state index >= 15 is 0 Å². The van der Waals surface area contributed by atoms with Crippen LogP contribution in [0.15, 0.2) is 6.07 Å². The lowest BCUT2D eigenvalue weighted by molar-refractivity contribution is -0.130. The SMILES string of the molecule is COc1c(C)cc(C(N)CC(=O)N(C)N)c(C)c1C. The maximum Gasteiger partial charge on any atom is 0.238 e. The molecule has 1 amide bonds. The van der Waals surface area contributed by atoms with E-state index in [9.17, 15) is 4.79 Å². The number of nitrogens with two attached hydrogens (primary N) is 2. The number of benzene rings is 1. The van der Waals surface area contributed by atoms with Crippen LogP contribution >= 0.6 is 0 Å². The highest BCUT2D eigenvalue weighted by Crippen LogP contribution is 2.31. The van der Waals surface area contributed by atoms with Gasteiger partial charge in [0.15, 0.2) is 0 Å². The van der Waals surface area contributed by atoms with Crippen LogP contribution in [-0.2, 0) is 4.79 Å². The van der Waals surface area contributed by atoms with Gasteiger partial charge in [-0.15, -0.1) is 0 Å². The van der Waals surface area contributed by atoms with E-state index in [0.717, 1.165) is 33.0 Å². The Morgan fingerprint density at radius 1 is 1.37 bits per heavy atom. The molecular formula is C14H23N3O2. The van der Waals surface area contributed by atoms with Crippen LogP contribution in [0.1, 0.15) is 34.7 Å². The monoisotopic (exact) mass is 265 g/mol. The summed E-state index contributed by atoms with van der Waals surface area (Å²) in [5.74, 6) is 6.10. The second-order valence-electron chi connectivity index (χ2n) is 4.88. The van der Waals surface area contributed by atoms with Gasteiger partial charge in [0.05, 0.1) is 7.11 Å². The molecule has 1 atom stereocenters. The average Bonchev–Trinajstić information content (AvgIpc) is 2.34. The molecule has 0 bridgehead atoms. The third kappa shape index (κ3) is 3.24. The van der Waals surface area contributed by atoms with Gasteiger partial charge in [-0.2, -0.15) is 0 Å². The Morgan fingerprint density at radius 3 is 2.42 bits per heavy atom. The summed E-state index contributed by atoms with van der Waals surface area (Å²) in [4.78, 5) is 11.6. The molecule has 106 valence electrons. The molecule has 0 aliphatic heterocycles. The Labute approximate surface area is 114 Å². The summed E-state index contributed by atoms with van der Waals surface area (Å²) in [6.07, 6.45) is 0.194. The second-order valence-corrected chi connectivity index (χ2v) is 4.88. The number of nitrogens with zero attached hydrogens (tertiary/aromatic N) is 1. The molecule has 0 spiro atoms. The molecule has 0 heterocycles. The first-order valence-corrected chi connectivity index (χ1v) is 6.21. The first kappa shape index (κ1) is 15.5. The van der Waals surface area contributed by atoms with Crippen LogP contribution < -0.4 is 16.3 Å². The van der Waals surface area contributed by atoms with Gasteiger partial charge >= 0.3 is 0 Å². The highest BCUT2D eigenvalue weighted by molar-refractivity contribution is 5.76. The van der Waals surface area contributed by atoms with E-state index in [1.54, 1.807) is 7.11 Å². The van der Waals surface area contributed by atoms with Crippen molar-refractivity contribution in [1.29, 1.82) is 0 Å². The predicted octanol–water partition coefficient (Wildman–Crippen LogP) is 1.34. The molecule has 5 nitrogen and oxygen atoms in total. The molecule has 5 heteroatoms. The topological polar surface area (TPSA) is 81.6 Å². The van der Waals surface area contributed by atoms with Crippen molar-refractivity contribution < 1.29 is 9.53 Å². The smallest absolute Gasteiger partial charge is 0.238 e. The highest BCUT2D eigenvalue weighted by Gasteiger charge is 2.18. The molecule has 0 aliphatic rings. The first-order valence-electron chi connectivity index (χ1n) is 6.21. The fraction of sp³-hybridized carbons (Fsp3) is 0.500. The van der Waals surface area contributed by atoms with Gasteiger partial charge in [0.25, 0.3) is 0 Å². The van der Waals surface area contributed by atoms with Gasteiger partial charge < -0.3 is 10.5 Å². The Bertz CT molecular complexity index is 484. The number of ether oxygens (including phenoxy) is 1. The lowest BCUT2D eigenvalue weighted by atomic mass is 9.92. The van der Waals surface area contributed by atoms with Gasteiger partial charge in [-0.25, -0.2) is 5.84 Å². The van der Waals surface area contributed by atoms with Crippen molar-refractivity contribution in [3.05, 3.63) is 28.3 Å². The van der Waals surface area contributed by atoms with Crippen LogP contribution in [0.2, 0.25) is 0 Å². The lowest BCUT2D eigenvalue weighted by Gasteiger charge is -2.21. The zero-order chi connectivity index (χ0) is 14.7. The molecule has 1 aromatic rings. The Balaban J connectivity index is 3.11. The van der Waals surface area contributed by atoms with Crippen molar-refractivity contribution in [3.8, 4) is 5.75 Å². The van der Waals surface area contributed by atoms with E-state index in [4.69, 9.17) is 16.3 Å². The summed E-state index contributed by atoms with van der Waals surface area (Å²) in [6, 6.07) is 1.62. The zero-order valence-electron chi connectivity index (χ0n) is 12.3. The minimum Gasteiger partial charge on any atom is -0.496 e. The second kappa shape index (κ2) is 6.04. The molecule has 0 fully saturated rings. The normalized spacial score (nSPS) is 12.2. The number of rotatable bonds is 4. The predicted molar refractivity (Wildman–Crippen MR) is 75.7 cm³/mol. The van der Waals surface area contributed by atoms with Gasteiger partial charge in [0.1, 0.15) is 5.75 Å². The van der Waals surface area contributed by atoms with Crippen LogP contribution in [0.5, 0.6) is 5.75 Å². The molecule has 4 N–H and O–H groups in total. The molecule has 1 rings (SSSR count). The van der Waals surface area contributed by atoms with Crippen LogP contribution in [0.3, 0.4) is 0 Å². The van der Waals surface area contributed by atoms with E-state index < -0.39 is 0 Å². The van der Waals surface area contributed by atoms with Gasteiger partial charge in [0.2, 0.25) is 5.91 Å². The number of carbonyl (C=O) groups is 1. The van der Waals surface area contributed by atoms with Gasteiger partial charge in [-0.1, -0.05) is 6.07 Å². The summed E-state index contributed by atoms with van der Waals surface area (Å²) in [6.45, 7) is 5.95. The summed E-state index contributed by atoms with van der Waals surface area (Å²) < 4.78 is 5.37. The number of aryl methyl sites for hydroxylation is 1. The van der Waals surface area contributed by atoms with Gasteiger partial charge in [0, 0.05) is 19.5 Å². The molecule has 0 aromatic heterocycles. The summed E-state index contributed by atoms with van der Waals surface area (Å²) in [5, 5.41) is 1.07. The molecule has 0 radical (unpaired) electrons. The maximum atomic E-state index is 11.6. The fourth-order valence-electron chi connectivity index (χ4n) is 2.23. The van der Waals surface area contributed by atoms with Gasteiger partial charge in [-0.05, 0) is 43.0 Å². The summed E-state index contributed by atoms with van der Waals surface area (Å²) in [7, 11) is 3.17. The molecule has 0 saturated carbocycles. The minimum atomic E-state index is -0.359. The molecule has 0 aliphatic carbocycles. The van der Waals surface area contributed by atoms with Crippen molar-refractivity contribution >= 4 is 5.91 Å². The molecule has 19 heavy (non-hydrogen) atoms. The van der Waals surface area contributed by atoms with Crippen LogP contribution in [0, 0.1) is 20.8 Å². The lowest BCUT2D eigenvalue weighted by Crippen LogP contribution is -2.35. The molecule has 1 unspecified atom stereocenters. The van der Waals surface area contributed by atoms with Crippen molar-refractivity contribution in [2.75, 3.05) is 14.2 Å². The number of carbonyl (C=O) groups excluding carboxylic acids is 1. The fourth-order valence-corrected chi connectivity index (χ4v) is 2.23. The molecule has 1 aromatic carbocycles. The Kier molecular flexibility index (Phi) is 4.91. The Morgan fingerprint density at radius 2 is 1.95 bits per heavy atom. The summed E-state index contributed by atoms with van der Waals surface area (Å²) in [5.41, 5.74) is 10.2. The zero-order valence-corrected chi connectivity index (χ0v) is 12.3. The van der Waals surface area contributed by atoms with Crippen molar-refractivity contribution in [2.24, 2.45) is 11.6 Å². The third-order valence-corrected chi connectivity index (χ3v) is 3.46. The summed E-state index contributed by atoms with van der Waals surface area (Å²) >= 11 is 0. The standard InChI is InChI=1S/C14H23N3O2/c1-8-6-11(9(2)10(3)14(8)19-5)12(15)7-13(18)17(4)16/h6,12H,7,15-16H2,1-5H3.